The highest BCUT2D eigenvalue weighted by Crippen LogP contribution is 2.25. The third-order valence-electron chi connectivity index (χ3n) is 3.79. The first-order valence-electron chi connectivity index (χ1n) is 7.66. The third kappa shape index (κ3) is 4.24. The van der Waals surface area contributed by atoms with Gasteiger partial charge in [-0.2, -0.15) is 0 Å². The second kappa shape index (κ2) is 7.76. The van der Waals surface area contributed by atoms with Crippen molar-refractivity contribution < 1.29 is 9.53 Å². The van der Waals surface area contributed by atoms with Crippen molar-refractivity contribution in [2.45, 2.75) is 11.5 Å². The predicted octanol–water partition coefficient (Wildman–Crippen LogP) is 4.71. The fourth-order valence-electron chi connectivity index (χ4n) is 2.39. The molecular formula is C19H17ClN2O2S. The number of hydrogen-bond donors (Lipinski definition) is 0. The van der Waals surface area contributed by atoms with Crippen LogP contribution < -0.4 is 0 Å². The minimum absolute atomic E-state index is 0.0857. The van der Waals surface area contributed by atoms with Gasteiger partial charge in [0, 0.05) is 40.9 Å². The lowest BCUT2D eigenvalue weighted by Gasteiger charge is -2.07. The van der Waals surface area contributed by atoms with Crippen LogP contribution in [0, 0.1) is 0 Å². The number of ether oxygens (including phenoxy) is 1. The molecule has 0 atom stereocenters. The van der Waals surface area contributed by atoms with Crippen LogP contribution in [0.3, 0.4) is 0 Å². The van der Waals surface area contributed by atoms with Gasteiger partial charge >= 0.3 is 5.97 Å². The average Bonchev–Trinajstić information content (AvgIpc) is 3.02. The van der Waals surface area contributed by atoms with Crippen LogP contribution in [0.15, 0.2) is 53.6 Å². The van der Waals surface area contributed by atoms with Gasteiger partial charge in [-0.05, 0) is 42.7 Å². The molecule has 0 saturated carbocycles. The number of halogens is 1. The van der Waals surface area contributed by atoms with Crippen molar-refractivity contribution in [1.29, 1.82) is 0 Å². The Bertz CT molecular complexity index is 950. The first-order chi connectivity index (χ1) is 12.1. The van der Waals surface area contributed by atoms with E-state index in [0.29, 0.717) is 10.7 Å². The highest BCUT2D eigenvalue weighted by molar-refractivity contribution is 7.98. The van der Waals surface area contributed by atoms with Crippen LogP contribution in [0.2, 0.25) is 5.15 Å². The number of benzene rings is 1. The molecule has 0 N–H and O–H groups in total. The van der Waals surface area contributed by atoms with Crippen molar-refractivity contribution in [1.82, 2.24) is 9.55 Å². The van der Waals surface area contributed by atoms with Crippen LogP contribution in [0.25, 0.3) is 17.0 Å². The van der Waals surface area contributed by atoms with E-state index in [0.717, 1.165) is 21.5 Å². The molecule has 3 aromatic rings. The molecule has 0 aliphatic rings. The summed E-state index contributed by atoms with van der Waals surface area (Å²) in [5.41, 5.74) is 2.44. The van der Waals surface area contributed by atoms with Gasteiger partial charge in [0.15, 0.2) is 0 Å². The van der Waals surface area contributed by atoms with E-state index in [1.807, 2.05) is 60.5 Å². The van der Waals surface area contributed by atoms with Gasteiger partial charge in [-0.3, -0.25) is 0 Å². The van der Waals surface area contributed by atoms with Crippen molar-refractivity contribution in [2.24, 2.45) is 7.05 Å². The summed E-state index contributed by atoms with van der Waals surface area (Å²) in [6.45, 7) is 0.0857. The minimum Gasteiger partial charge on any atom is -0.458 e. The van der Waals surface area contributed by atoms with Crippen LogP contribution in [0.5, 0.6) is 0 Å². The molecule has 128 valence electrons. The monoisotopic (exact) mass is 372 g/mol. The van der Waals surface area contributed by atoms with Gasteiger partial charge in [0.2, 0.25) is 0 Å². The number of thioether (sulfide) groups is 1. The lowest BCUT2D eigenvalue weighted by molar-refractivity contribution is -0.138. The molecule has 0 radical (unpaired) electrons. The molecule has 4 nitrogen and oxygen atoms in total. The lowest BCUT2D eigenvalue weighted by Crippen LogP contribution is -2.02. The van der Waals surface area contributed by atoms with Crippen LogP contribution in [-0.4, -0.2) is 21.8 Å². The zero-order valence-electron chi connectivity index (χ0n) is 13.9. The van der Waals surface area contributed by atoms with Gasteiger partial charge in [-0.15, -0.1) is 11.8 Å². The summed E-state index contributed by atoms with van der Waals surface area (Å²) >= 11 is 7.88. The molecule has 2 heterocycles. The number of carbonyl (C=O) groups excluding carboxylic acids is 1. The maximum Gasteiger partial charge on any atom is 0.331 e. The van der Waals surface area contributed by atoms with E-state index < -0.39 is 5.97 Å². The average molecular weight is 373 g/mol. The van der Waals surface area contributed by atoms with Gasteiger partial charge in [0.1, 0.15) is 11.8 Å². The quantitative estimate of drug-likeness (QED) is 0.282. The highest BCUT2D eigenvalue weighted by atomic mass is 35.5. The summed E-state index contributed by atoms with van der Waals surface area (Å²) in [6.07, 6.45) is 7.04. The number of carbonyl (C=O) groups is 1. The van der Waals surface area contributed by atoms with Gasteiger partial charge in [0.05, 0.1) is 5.52 Å². The summed E-state index contributed by atoms with van der Waals surface area (Å²) in [5.74, 6) is -0.421. The van der Waals surface area contributed by atoms with E-state index in [1.54, 1.807) is 17.8 Å². The maximum absolute atomic E-state index is 11.9. The number of pyridine rings is 1. The summed E-state index contributed by atoms with van der Waals surface area (Å²) in [7, 11) is 1.91. The van der Waals surface area contributed by atoms with Crippen LogP contribution in [-0.2, 0) is 23.2 Å². The molecule has 0 aliphatic carbocycles. The van der Waals surface area contributed by atoms with Crippen LogP contribution in [0.4, 0.5) is 0 Å². The van der Waals surface area contributed by atoms with E-state index in [2.05, 4.69) is 4.98 Å². The molecule has 0 unspecified atom stereocenters. The zero-order chi connectivity index (χ0) is 17.8. The smallest absolute Gasteiger partial charge is 0.331 e. The van der Waals surface area contributed by atoms with Crippen molar-refractivity contribution >= 4 is 46.3 Å². The van der Waals surface area contributed by atoms with Crippen molar-refractivity contribution in [2.75, 3.05) is 6.26 Å². The Morgan fingerprint density at radius 3 is 2.92 bits per heavy atom. The molecule has 0 spiro atoms. The normalized spacial score (nSPS) is 11.3. The van der Waals surface area contributed by atoms with E-state index >= 15 is 0 Å². The van der Waals surface area contributed by atoms with Gasteiger partial charge < -0.3 is 9.30 Å². The number of hydrogen-bond acceptors (Lipinski definition) is 4. The van der Waals surface area contributed by atoms with Gasteiger partial charge in [-0.1, -0.05) is 17.7 Å². The Balaban J connectivity index is 1.70. The molecule has 0 saturated heterocycles. The standard InChI is InChI=1S/C19H17ClN2O2S/c1-22-9-3-4-15(22)6-8-18(23)24-12-14-10-13-5-7-16(25-2)11-17(13)21-19(14)20/h3-11H,12H2,1-2H3/b8-6+. The molecule has 0 bridgehead atoms. The van der Waals surface area contributed by atoms with E-state index in [4.69, 9.17) is 16.3 Å². The fourth-order valence-corrected chi connectivity index (χ4v) is 3.03. The Morgan fingerprint density at radius 2 is 2.20 bits per heavy atom. The van der Waals surface area contributed by atoms with Crippen molar-refractivity contribution in [3.05, 3.63) is 65.1 Å². The van der Waals surface area contributed by atoms with Crippen LogP contribution >= 0.6 is 23.4 Å². The summed E-state index contributed by atoms with van der Waals surface area (Å²) in [4.78, 5) is 17.4. The maximum atomic E-state index is 11.9. The largest absolute Gasteiger partial charge is 0.458 e. The Hall–Kier alpha value is -2.24. The van der Waals surface area contributed by atoms with Crippen molar-refractivity contribution in [3.8, 4) is 0 Å². The molecule has 0 aliphatic heterocycles. The van der Waals surface area contributed by atoms with Gasteiger partial charge in [0.25, 0.3) is 0 Å². The number of esters is 1. The second-order valence-electron chi connectivity index (χ2n) is 5.48. The topological polar surface area (TPSA) is 44.1 Å². The molecule has 25 heavy (non-hydrogen) atoms. The molecule has 6 heteroatoms. The molecule has 2 aromatic heterocycles. The summed E-state index contributed by atoms with van der Waals surface area (Å²) < 4.78 is 7.19. The van der Waals surface area contributed by atoms with E-state index in [9.17, 15) is 4.79 Å². The number of aromatic nitrogens is 2. The minimum atomic E-state index is -0.421. The summed E-state index contributed by atoms with van der Waals surface area (Å²) in [5, 5.41) is 1.32. The summed E-state index contributed by atoms with van der Waals surface area (Å²) in [6, 6.07) is 11.7. The Labute approximate surface area is 155 Å². The SMILES string of the molecule is CSc1ccc2cc(COC(=O)/C=C/c3cccn3C)c(Cl)nc2c1. The second-order valence-corrected chi connectivity index (χ2v) is 6.72. The molecule has 1 aromatic carbocycles. The Kier molecular flexibility index (Phi) is 5.46. The first kappa shape index (κ1) is 17.6. The predicted molar refractivity (Wildman–Crippen MR) is 103 cm³/mol. The number of rotatable bonds is 5. The molecule has 0 amide bonds. The first-order valence-corrected chi connectivity index (χ1v) is 9.26. The molecule has 3 rings (SSSR count). The molecular weight excluding hydrogens is 356 g/mol. The van der Waals surface area contributed by atoms with E-state index in [1.165, 1.54) is 6.08 Å². The number of nitrogens with zero attached hydrogens (tertiary/aromatic N) is 2. The zero-order valence-corrected chi connectivity index (χ0v) is 15.5. The van der Waals surface area contributed by atoms with E-state index in [-0.39, 0.29) is 6.61 Å². The molecule has 0 fully saturated rings. The highest BCUT2D eigenvalue weighted by Gasteiger charge is 2.08. The van der Waals surface area contributed by atoms with Crippen molar-refractivity contribution in [3.63, 3.8) is 0 Å². The van der Waals surface area contributed by atoms with Crippen LogP contribution in [0.1, 0.15) is 11.3 Å². The number of aryl methyl sites for hydroxylation is 1. The number of fused-ring (bicyclic) bond motifs is 1. The lowest BCUT2D eigenvalue weighted by atomic mass is 10.2. The fraction of sp³-hybridized carbons (Fsp3) is 0.158. The Morgan fingerprint density at radius 1 is 1.36 bits per heavy atom. The third-order valence-corrected chi connectivity index (χ3v) is 4.85. The van der Waals surface area contributed by atoms with Gasteiger partial charge in [-0.25, -0.2) is 9.78 Å².